The van der Waals surface area contributed by atoms with E-state index < -0.39 is 12.0 Å². The molecule has 1 aliphatic rings. The lowest BCUT2D eigenvalue weighted by atomic mass is 10.2. The summed E-state index contributed by atoms with van der Waals surface area (Å²) in [5, 5.41) is 14.9. The maximum absolute atomic E-state index is 12.2. The standard InChI is InChI=1S/C13H19N3O3S2/c1-3-11-16(10(7-21-11)12(17)18)13(19)14-5-4-9-6-20-8(2)15-9/h6,10-11H,3-5,7H2,1-2H3,(H,14,19)(H,17,18). The molecule has 2 heterocycles. The van der Waals surface area contributed by atoms with Crippen LogP contribution < -0.4 is 5.32 Å². The number of aryl methyl sites for hydroxylation is 1. The van der Waals surface area contributed by atoms with Crippen molar-refractivity contribution in [2.75, 3.05) is 12.3 Å². The molecule has 8 heteroatoms. The Labute approximate surface area is 131 Å². The molecular weight excluding hydrogens is 310 g/mol. The Morgan fingerprint density at radius 2 is 2.33 bits per heavy atom. The summed E-state index contributed by atoms with van der Waals surface area (Å²) in [6.07, 6.45) is 1.40. The van der Waals surface area contributed by atoms with Gasteiger partial charge in [0.2, 0.25) is 0 Å². The summed E-state index contributed by atoms with van der Waals surface area (Å²) in [4.78, 5) is 29.3. The predicted octanol–water partition coefficient (Wildman–Crippen LogP) is 1.94. The number of carboxylic acid groups (broad SMARTS) is 1. The highest BCUT2D eigenvalue weighted by atomic mass is 32.2. The van der Waals surface area contributed by atoms with Gasteiger partial charge >= 0.3 is 12.0 Å². The zero-order valence-electron chi connectivity index (χ0n) is 12.0. The average Bonchev–Trinajstić information content (AvgIpc) is 3.04. The van der Waals surface area contributed by atoms with E-state index in [0.717, 1.165) is 17.1 Å². The first-order valence-corrected chi connectivity index (χ1v) is 8.77. The van der Waals surface area contributed by atoms with E-state index in [-0.39, 0.29) is 11.4 Å². The van der Waals surface area contributed by atoms with Gasteiger partial charge < -0.3 is 10.4 Å². The Hall–Kier alpha value is -1.28. The molecule has 0 spiro atoms. The van der Waals surface area contributed by atoms with E-state index in [1.807, 2.05) is 19.2 Å². The Morgan fingerprint density at radius 3 is 2.90 bits per heavy atom. The van der Waals surface area contributed by atoms with Crippen molar-refractivity contribution >= 4 is 35.1 Å². The highest BCUT2D eigenvalue weighted by Gasteiger charge is 2.40. The Kier molecular flexibility index (Phi) is 5.46. The first-order chi connectivity index (χ1) is 10.0. The molecule has 6 nitrogen and oxygen atoms in total. The second-order valence-electron chi connectivity index (χ2n) is 4.80. The number of aliphatic carboxylic acids is 1. The summed E-state index contributed by atoms with van der Waals surface area (Å²) >= 11 is 3.10. The Morgan fingerprint density at radius 1 is 1.57 bits per heavy atom. The van der Waals surface area contributed by atoms with Gasteiger partial charge in [0, 0.05) is 24.1 Å². The van der Waals surface area contributed by atoms with Crippen LogP contribution in [0, 0.1) is 6.92 Å². The quantitative estimate of drug-likeness (QED) is 0.863. The van der Waals surface area contributed by atoms with Crippen LogP contribution in [0.3, 0.4) is 0 Å². The van der Waals surface area contributed by atoms with Crippen molar-refractivity contribution in [2.45, 2.75) is 38.1 Å². The first-order valence-electron chi connectivity index (χ1n) is 6.84. The zero-order chi connectivity index (χ0) is 15.4. The normalized spacial score (nSPS) is 21.5. The number of hydrogen-bond acceptors (Lipinski definition) is 5. The second-order valence-corrected chi connectivity index (χ2v) is 7.07. The Balaban J connectivity index is 1.89. The topological polar surface area (TPSA) is 82.5 Å². The van der Waals surface area contributed by atoms with Crippen LogP contribution in [0.1, 0.15) is 24.0 Å². The van der Waals surface area contributed by atoms with Crippen LogP contribution in [0.2, 0.25) is 0 Å². The van der Waals surface area contributed by atoms with Crippen molar-refractivity contribution in [2.24, 2.45) is 0 Å². The summed E-state index contributed by atoms with van der Waals surface area (Å²) in [6.45, 7) is 4.36. The summed E-state index contributed by atoms with van der Waals surface area (Å²) < 4.78 is 0. The highest BCUT2D eigenvalue weighted by molar-refractivity contribution is 8.00. The van der Waals surface area contributed by atoms with Gasteiger partial charge in [-0.25, -0.2) is 14.6 Å². The molecule has 2 unspecified atom stereocenters. The van der Waals surface area contributed by atoms with Gasteiger partial charge in [0.1, 0.15) is 6.04 Å². The van der Waals surface area contributed by atoms with E-state index in [4.69, 9.17) is 0 Å². The molecule has 1 saturated heterocycles. The fourth-order valence-electron chi connectivity index (χ4n) is 2.25. The molecule has 1 aromatic rings. The molecule has 2 amide bonds. The summed E-state index contributed by atoms with van der Waals surface area (Å²) in [7, 11) is 0. The van der Waals surface area contributed by atoms with Crippen molar-refractivity contribution in [3.63, 3.8) is 0 Å². The van der Waals surface area contributed by atoms with Gasteiger partial charge in [0.25, 0.3) is 0 Å². The van der Waals surface area contributed by atoms with Crippen LogP contribution in [0.4, 0.5) is 4.79 Å². The maximum atomic E-state index is 12.2. The SMILES string of the molecule is CCC1SCC(C(=O)O)N1C(=O)NCCc1csc(C)n1. The van der Waals surface area contributed by atoms with Crippen molar-refractivity contribution < 1.29 is 14.7 Å². The van der Waals surface area contributed by atoms with Crippen molar-refractivity contribution in [1.29, 1.82) is 0 Å². The van der Waals surface area contributed by atoms with Gasteiger partial charge in [-0.3, -0.25) is 4.90 Å². The van der Waals surface area contributed by atoms with Crippen LogP contribution in [0.5, 0.6) is 0 Å². The second kappa shape index (κ2) is 7.13. The third kappa shape index (κ3) is 3.88. The van der Waals surface area contributed by atoms with Crippen LogP contribution in [0.25, 0.3) is 0 Å². The van der Waals surface area contributed by atoms with Crippen LogP contribution in [-0.4, -0.2) is 50.7 Å². The van der Waals surface area contributed by atoms with Gasteiger partial charge in [-0.05, 0) is 13.3 Å². The first kappa shape index (κ1) is 16.1. The molecule has 2 N–H and O–H groups in total. The van der Waals surface area contributed by atoms with Crippen molar-refractivity contribution in [3.8, 4) is 0 Å². The number of nitrogens with one attached hydrogen (secondary N) is 1. The summed E-state index contributed by atoms with van der Waals surface area (Å²) in [5.41, 5.74) is 0.954. The lowest BCUT2D eigenvalue weighted by Crippen LogP contribution is -2.50. The fraction of sp³-hybridized carbons (Fsp3) is 0.615. The van der Waals surface area contributed by atoms with Gasteiger partial charge in [-0.2, -0.15) is 0 Å². The molecule has 0 aromatic carbocycles. The van der Waals surface area contributed by atoms with E-state index in [0.29, 0.717) is 18.7 Å². The highest BCUT2D eigenvalue weighted by Crippen LogP contribution is 2.31. The number of thiazole rings is 1. The largest absolute Gasteiger partial charge is 0.480 e. The van der Waals surface area contributed by atoms with Gasteiger partial charge in [-0.15, -0.1) is 23.1 Å². The number of carboxylic acids is 1. The molecule has 21 heavy (non-hydrogen) atoms. The molecule has 1 fully saturated rings. The average molecular weight is 329 g/mol. The van der Waals surface area contributed by atoms with E-state index in [1.54, 1.807) is 11.3 Å². The Bertz CT molecular complexity index is 521. The molecule has 0 saturated carbocycles. The van der Waals surface area contributed by atoms with E-state index in [1.165, 1.54) is 16.7 Å². The summed E-state index contributed by atoms with van der Waals surface area (Å²) in [5.74, 6) is -0.490. The molecule has 2 rings (SSSR count). The molecular formula is C13H19N3O3S2. The third-order valence-electron chi connectivity index (χ3n) is 3.29. The monoisotopic (exact) mass is 329 g/mol. The smallest absolute Gasteiger partial charge is 0.327 e. The molecule has 0 radical (unpaired) electrons. The molecule has 0 bridgehead atoms. The predicted molar refractivity (Wildman–Crippen MR) is 83.8 cm³/mol. The van der Waals surface area contributed by atoms with E-state index in [9.17, 15) is 14.7 Å². The number of hydrogen-bond donors (Lipinski definition) is 2. The number of thioether (sulfide) groups is 1. The number of amides is 2. The molecule has 116 valence electrons. The number of rotatable bonds is 5. The minimum atomic E-state index is -0.941. The summed E-state index contributed by atoms with van der Waals surface area (Å²) in [6, 6.07) is -1.03. The number of carbonyl (C=O) groups is 2. The number of carbonyl (C=O) groups excluding carboxylic acids is 1. The molecule has 1 aromatic heterocycles. The fourth-order valence-corrected chi connectivity index (χ4v) is 4.25. The minimum Gasteiger partial charge on any atom is -0.480 e. The zero-order valence-corrected chi connectivity index (χ0v) is 13.7. The van der Waals surface area contributed by atoms with Crippen molar-refractivity contribution in [3.05, 3.63) is 16.1 Å². The maximum Gasteiger partial charge on any atom is 0.327 e. The lowest BCUT2D eigenvalue weighted by Gasteiger charge is -2.26. The van der Waals surface area contributed by atoms with Gasteiger partial charge in [0.15, 0.2) is 0 Å². The van der Waals surface area contributed by atoms with Crippen LogP contribution in [-0.2, 0) is 11.2 Å². The third-order valence-corrected chi connectivity index (χ3v) is 5.56. The van der Waals surface area contributed by atoms with Crippen LogP contribution in [0.15, 0.2) is 5.38 Å². The number of urea groups is 1. The molecule has 1 aliphatic heterocycles. The lowest BCUT2D eigenvalue weighted by molar-refractivity contribution is -0.141. The van der Waals surface area contributed by atoms with Crippen molar-refractivity contribution in [1.82, 2.24) is 15.2 Å². The van der Waals surface area contributed by atoms with Crippen LogP contribution >= 0.6 is 23.1 Å². The minimum absolute atomic E-state index is 0.0624. The number of nitrogens with zero attached hydrogens (tertiary/aromatic N) is 2. The van der Waals surface area contributed by atoms with Gasteiger partial charge in [-0.1, -0.05) is 6.92 Å². The number of aromatic nitrogens is 1. The molecule has 0 aliphatic carbocycles. The van der Waals surface area contributed by atoms with E-state index >= 15 is 0 Å². The van der Waals surface area contributed by atoms with Gasteiger partial charge in [0.05, 0.1) is 16.1 Å². The van der Waals surface area contributed by atoms with E-state index in [2.05, 4.69) is 10.3 Å². The molecule has 2 atom stereocenters.